The summed E-state index contributed by atoms with van der Waals surface area (Å²) in [5, 5.41) is 10.6. The second kappa shape index (κ2) is 7.18. The van der Waals surface area contributed by atoms with Gasteiger partial charge < -0.3 is 14.6 Å². The molecular formula is C19H31N3O. The predicted molar refractivity (Wildman–Crippen MR) is 93.0 cm³/mol. The van der Waals surface area contributed by atoms with Crippen LogP contribution in [0.1, 0.15) is 51.5 Å². The van der Waals surface area contributed by atoms with Crippen LogP contribution in [0.15, 0.2) is 24.0 Å². The highest BCUT2D eigenvalue weighted by atomic mass is 16.3. The number of aromatic nitrogens is 2. The van der Waals surface area contributed by atoms with Crippen molar-refractivity contribution in [2.45, 2.75) is 45.6 Å². The number of piperidine rings is 1. The third-order valence-electron chi connectivity index (χ3n) is 6.02. The minimum Gasteiger partial charge on any atom is -0.385 e. The Bertz CT molecular complexity index is 543. The molecule has 0 bridgehead atoms. The lowest BCUT2D eigenvalue weighted by Crippen LogP contribution is -2.40. The van der Waals surface area contributed by atoms with Crippen LogP contribution in [-0.4, -0.2) is 39.2 Å². The fourth-order valence-corrected chi connectivity index (χ4v) is 4.30. The molecule has 0 aromatic carbocycles. The third kappa shape index (κ3) is 3.69. The molecule has 1 aromatic rings. The van der Waals surface area contributed by atoms with Gasteiger partial charge in [-0.25, -0.2) is 4.98 Å². The van der Waals surface area contributed by atoms with Crippen molar-refractivity contribution in [3.63, 3.8) is 0 Å². The Hall–Kier alpha value is -1.13. The molecule has 0 spiro atoms. The number of likely N-dealkylation sites (tertiary alicyclic amines) is 1. The van der Waals surface area contributed by atoms with Gasteiger partial charge in [-0.15, -0.1) is 0 Å². The Morgan fingerprint density at radius 2 is 2.04 bits per heavy atom. The van der Waals surface area contributed by atoms with Crippen molar-refractivity contribution < 1.29 is 5.11 Å². The molecule has 1 aliphatic heterocycles. The van der Waals surface area contributed by atoms with Crippen molar-refractivity contribution in [1.82, 2.24) is 14.5 Å². The lowest BCUT2D eigenvalue weighted by atomic mass is 9.79. The topological polar surface area (TPSA) is 41.3 Å². The molecule has 1 N–H and O–H groups in total. The average molecular weight is 317 g/mol. The van der Waals surface area contributed by atoms with Gasteiger partial charge in [-0.3, -0.25) is 0 Å². The molecule has 128 valence electrons. The van der Waals surface area contributed by atoms with Gasteiger partial charge >= 0.3 is 0 Å². The van der Waals surface area contributed by atoms with E-state index >= 15 is 0 Å². The van der Waals surface area contributed by atoms with E-state index in [1.165, 1.54) is 19.4 Å². The van der Waals surface area contributed by atoms with Gasteiger partial charge in [0.1, 0.15) is 11.9 Å². The van der Waals surface area contributed by atoms with Crippen LogP contribution < -0.4 is 0 Å². The van der Waals surface area contributed by atoms with Gasteiger partial charge in [-0.1, -0.05) is 18.6 Å². The summed E-state index contributed by atoms with van der Waals surface area (Å²) in [6.07, 6.45) is 10.4. The zero-order valence-electron chi connectivity index (χ0n) is 14.8. The van der Waals surface area contributed by atoms with Gasteiger partial charge in [0.25, 0.3) is 0 Å². The third-order valence-corrected chi connectivity index (χ3v) is 6.02. The van der Waals surface area contributed by atoms with Crippen LogP contribution in [0.4, 0.5) is 0 Å². The molecule has 0 radical (unpaired) electrons. The Kier molecular flexibility index (Phi) is 5.22. The maximum absolute atomic E-state index is 10.6. The van der Waals surface area contributed by atoms with E-state index in [9.17, 15) is 5.11 Å². The molecule has 0 amide bonds. The molecule has 23 heavy (non-hydrogen) atoms. The van der Waals surface area contributed by atoms with Crippen LogP contribution >= 0.6 is 0 Å². The van der Waals surface area contributed by atoms with Crippen molar-refractivity contribution in [1.29, 1.82) is 0 Å². The summed E-state index contributed by atoms with van der Waals surface area (Å²) in [4.78, 5) is 6.92. The largest absolute Gasteiger partial charge is 0.385 e. The molecule has 3 rings (SSSR count). The first-order valence-electron chi connectivity index (χ1n) is 9.10. The normalized spacial score (nSPS) is 28.6. The van der Waals surface area contributed by atoms with Crippen LogP contribution in [0.5, 0.6) is 0 Å². The van der Waals surface area contributed by atoms with E-state index in [0.717, 1.165) is 43.6 Å². The lowest BCUT2D eigenvalue weighted by molar-refractivity contribution is 0.0457. The molecule has 4 heteroatoms. The van der Waals surface area contributed by atoms with Crippen molar-refractivity contribution in [3.05, 3.63) is 29.9 Å². The van der Waals surface area contributed by atoms with E-state index in [-0.39, 0.29) is 0 Å². The molecular weight excluding hydrogens is 286 g/mol. The fraction of sp³-hybridized carbons (Fsp3) is 0.737. The zero-order chi connectivity index (χ0) is 16.4. The van der Waals surface area contributed by atoms with E-state index in [1.54, 1.807) is 11.8 Å². The van der Waals surface area contributed by atoms with Crippen LogP contribution in [0.3, 0.4) is 0 Å². The van der Waals surface area contributed by atoms with E-state index < -0.39 is 6.10 Å². The first kappa shape index (κ1) is 16.7. The number of hydrogen-bond donors (Lipinski definition) is 1. The summed E-state index contributed by atoms with van der Waals surface area (Å²) in [6, 6.07) is 0. The maximum Gasteiger partial charge on any atom is 0.137 e. The fourth-order valence-electron chi connectivity index (χ4n) is 4.30. The number of hydrogen-bond acceptors (Lipinski definition) is 3. The minimum absolute atomic E-state index is 0.341. The number of aliphatic hydroxyl groups is 1. The summed E-state index contributed by atoms with van der Waals surface area (Å²) >= 11 is 0. The molecule has 1 saturated heterocycles. The summed E-state index contributed by atoms with van der Waals surface area (Å²) in [5.41, 5.74) is 1.58. The summed E-state index contributed by atoms with van der Waals surface area (Å²) in [6.45, 7) is 8.09. The summed E-state index contributed by atoms with van der Waals surface area (Å²) in [5.74, 6) is 2.67. The average Bonchev–Trinajstić information content (AvgIpc) is 2.97. The summed E-state index contributed by atoms with van der Waals surface area (Å²) < 4.78 is 1.94. The molecule has 3 atom stereocenters. The van der Waals surface area contributed by atoms with Crippen molar-refractivity contribution >= 4 is 0 Å². The Morgan fingerprint density at radius 3 is 2.65 bits per heavy atom. The van der Waals surface area contributed by atoms with E-state index in [4.69, 9.17) is 0 Å². The highest BCUT2D eigenvalue weighted by Crippen LogP contribution is 2.34. The monoisotopic (exact) mass is 317 g/mol. The number of nitrogens with zero attached hydrogens (tertiary/aromatic N) is 3. The number of rotatable bonds is 4. The van der Waals surface area contributed by atoms with Gasteiger partial charge in [-0.2, -0.15) is 0 Å². The number of aliphatic hydroxyl groups excluding tert-OH is 1. The number of aryl methyl sites for hydroxylation is 1. The van der Waals surface area contributed by atoms with E-state index in [1.807, 2.05) is 17.8 Å². The molecule has 1 aliphatic carbocycles. The highest BCUT2D eigenvalue weighted by Gasteiger charge is 2.30. The minimum atomic E-state index is -0.424. The summed E-state index contributed by atoms with van der Waals surface area (Å²) in [7, 11) is 1.96. The first-order valence-corrected chi connectivity index (χ1v) is 9.10. The molecule has 0 unspecified atom stereocenters. The SMILES string of the molecule is CC1=CCC[C@H](C)[C@H]1CN1CCC([C@@H](O)c2nccn2C)CC1. The second-order valence-corrected chi connectivity index (χ2v) is 7.59. The number of allylic oxidation sites excluding steroid dienone is 1. The van der Waals surface area contributed by atoms with Gasteiger partial charge in [0.05, 0.1) is 0 Å². The van der Waals surface area contributed by atoms with Crippen molar-refractivity contribution in [3.8, 4) is 0 Å². The maximum atomic E-state index is 10.6. The first-order chi connectivity index (χ1) is 11.1. The Balaban J connectivity index is 1.53. The van der Waals surface area contributed by atoms with Gasteiger partial charge in [0, 0.05) is 26.0 Å². The van der Waals surface area contributed by atoms with Crippen LogP contribution in [-0.2, 0) is 7.05 Å². The van der Waals surface area contributed by atoms with E-state index in [0.29, 0.717) is 5.92 Å². The molecule has 0 saturated carbocycles. The lowest BCUT2D eigenvalue weighted by Gasteiger charge is -2.38. The Morgan fingerprint density at radius 1 is 1.30 bits per heavy atom. The van der Waals surface area contributed by atoms with Crippen LogP contribution in [0.25, 0.3) is 0 Å². The van der Waals surface area contributed by atoms with Crippen molar-refractivity contribution in [2.75, 3.05) is 19.6 Å². The van der Waals surface area contributed by atoms with Gasteiger partial charge in [-0.05, 0) is 63.5 Å². The molecule has 1 aromatic heterocycles. The highest BCUT2D eigenvalue weighted by molar-refractivity contribution is 5.09. The predicted octanol–water partition coefficient (Wildman–Crippen LogP) is 3.16. The van der Waals surface area contributed by atoms with Crippen LogP contribution in [0.2, 0.25) is 0 Å². The molecule has 2 heterocycles. The quantitative estimate of drug-likeness (QED) is 0.867. The second-order valence-electron chi connectivity index (χ2n) is 7.59. The smallest absolute Gasteiger partial charge is 0.137 e. The molecule has 2 aliphatic rings. The van der Waals surface area contributed by atoms with Gasteiger partial charge in [0.15, 0.2) is 0 Å². The van der Waals surface area contributed by atoms with Gasteiger partial charge in [0.2, 0.25) is 0 Å². The Labute approximate surface area is 140 Å². The molecule has 4 nitrogen and oxygen atoms in total. The van der Waals surface area contributed by atoms with E-state index in [2.05, 4.69) is 29.8 Å². The van der Waals surface area contributed by atoms with Crippen molar-refractivity contribution in [2.24, 2.45) is 24.8 Å². The van der Waals surface area contributed by atoms with Crippen LogP contribution in [0, 0.1) is 17.8 Å². The molecule has 1 fully saturated rings. The number of imidazole rings is 1. The zero-order valence-corrected chi connectivity index (χ0v) is 14.8. The standard InChI is InChI=1S/C19H31N3O/c1-14-5-4-6-15(2)17(14)13-22-10-7-16(8-11-22)18(23)19-20-9-12-21(19)3/h5,9,12,15-18,23H,4,6-8,10-11,13H2,1-3H3/t15-,17-,18+/m0/s1.